The number of benzene rings is 2. The molecule has 0 aliphatic rings. The van der Waals surface area contributed by atoms with E-state index in [-0.39, 0.29) is 24.5 Å². The Morgan fingerprint density at radius 1 is 0.889 bits per heavy atom. The predicted octanol–water partition coefficient (Wildman–Crippen LogP) is 4.15. The van der Waals surface area contributed by atoms with Crippen LogP contribution in [0.2, 0.25) is 0 Å². The second kappa shape index (κ2) is 9.29. The van der Waals surface area contributed by atoms with Crippen LogP contribution in [0.15, 0.2) is 79.0 Å². The molecule has 5 nitrogen and oxygen atoms in total. The molecular weight excluding hydrogens is 340 g/mol. The van der Waals surface area contributed by atoms with Crippen LogP contribution in [0.5, 0.6) is 11.6 Å². The Kier molecular flexibility index (Phi) is 6.30. The van der Waals surface area contributed by atoms with Crippen LogP contribution >= 0.6 is 0 Å². The maximum Gasteiger partial charge on any atom is 0.220 e. The summed E-state index contributed by atoms with van der Waals surface area (Å²) in [6.45, 7) is 0.373. The maximum atomic E-state index is 12.0. The first kappa shape index (κ1) is 18.3. The van der Waals surface area contributed by atoms with Gasteiger partial charge in [0.15, 0.2) is 5.78 Å². The van der Waals surface area contributed by atoms with Crippen molar-refractivity contribution in [3.63, 3.8) is 0 Å². The average molecular weight is 360 g/mol. The van der Waals surface area contributed by atoms with Crippen molar-refractivity contribution < 1.29 is 14.3 Å². The molecule has 0 aliphatic carbocycles. The van der Waals surface area contributed by atoms with Crippen molar-refractivity contribution in [2.45, 2.75) is 19.4 Å². The number of carbonyl (C=O) groups is 2. The number of carbonyl (C=O) groups excluding carboxylic acids is 2. The highest BCUT2D eigenvalue weighted by Crippen LogP contribution is 2.20. The second-order valence-electron chi connectivity index (χ2n) is 5.98. The number of amides is 1. The zero-order valence-electron chi connectivity index (χ0n) is 14.8. The van der Waals surface area contributed by atoms with Gasteiger partial charge in [-0.25, -0.2) is 4.98 Å². The van der Waals surface area contributed by atoms with Crippen LogP contribution in [0.25, 0.3) is 0 Å². The molecule has 27 heavy (non-hydrogen) atoms. The normalized spacial score (nSPS) is 10.2. The van der Waals surface area contributed by atoms with Crippen molar-refractivity contribution in [2.75, 3.05) is 0 Å². The van der Waals surface area contributed by atoms with Crippen LogP contribution in [0.1, 0.15) is 28.8 Å². The van der Waals surface area contributed by atoms with Crippen molar-refractivity contribution in [3.05, 3.63) is 90.1 Å². The number of hydrogen-bond acceptors (Lipinski definition) is 4. The summed E-state index contributed by atoms with van der Waals surface area (Å²) in [6, 6.07) is 21.9. The molecule has 3 rings (SSSR count). The molecule has 1 amide bonds. The second-order valence-corrected chi connectivity index (χ2v) is 5.98. The summed E-state index contributed by atoms with van der Waals surface area (Å²) in [5, 5.41) is 2.83. The van der Waals surface area contributed by atoms with Crippen LogP contribution in [0, 0.1) is 0 Å². The molecule has 0 unspecified atom stereocenters. The molecule has 0 aliphatic heterocycles. The van der Waals surface area contributed by atoms with E-state index in [0.717, 1.165) is 5.56 Å². The van der Waals surface area contributed by atoms with Gasteiger partial charge in [-0.1, -0.05) is 48.5 Å². The van der Waals surface area contributed by atoms with Gasteiger partial charge >= 0.3 is 0 Å². The van der Waals surface area contributed by atoms with Gasteiger partial charge in [-0.3, -0.25) is 9.59 Å². The Labute approximate surface area is 158 Å². The van der Waals surface area contributed by atoms with Gasteiger partial charge in [0, 0.05) is 37.2 Å². The van der Waals surface area contributed by atoms with Crippen molar-refractivity contribution in [2.24, 2.45) is 0 Å². The molecule has 136 valence electrons. The summed E-state index contributed by atoms with van der Waals surface area (Å²) in [4.78, 5) is 28.2. The first-order valence-corrected chi connectivity index (χ1v) is 8.73. The number of Topliss-reactive ketones (excluding diaryl/α,β-unsaturated/α-hetero) is 1. The number of aromatic nitrogens is 1. The number of ether oxygens (including phenoxy) is 1. The van der Waals surface area contributed by atoms with E-state index in [4.69, 9.17) is 4.74 Å². The largest absolute Gasteiger partial charge is 0.439 e. The highest BCUT2D eigenvalue weighted by atomic mass is 16.5. The summed E-state index contributed by atoms with van der Waals surface area (Å²) in [5.41, 5.74) is 1.54. The van der Waals surface area contributed by atoms with Crippen molar-refractivity contribution >= 4 is 11.7 Å². The Hall–Kier alpha value is -3.47. The van der Waals surface area contributed by atoms with Gasteiger partial charge in [0.25, 0.3) is 0 Å². The topological polar surface area (TPSA) is 68.3 Å². The smallest absolute Gasteiger partial charge is 0.220 e. The molecule has 1 N–H and O–H groups in total. The Balaban J connectivity index is 1.47. The minimum absolute atomic E-state index is 0.0310. The summed E-state index contributed by atoms with van der Waals surface area (Å²) >= 11 is 0. The quantitative estimate of drug-likeness (QED) is 0.613. The summed E-state index contributed by atoms with van der Waals surface area (Å²) in [7, 11) is 0. The Morgan fingerprint density at radius 2 is 1.70 bits per heavy atom. The van der Waals surface area contributed by atoms with E-state index >= 15 is 0 Å². The molecule has 0 bridgehead atoms. The van der Waals surface area contributed by atoms with E-state index in [1.165, 1.54) is 0 Å². The highest BCUT2D eigenvalue weighted by Gasteiger charge is 2.09. The molecular formula is C22H20N2O3. The number of pyridine rings is 1. The monoisotopic (exact) mass is 360 g/mol. The zero-order chi connectivity index (χ0) is 18.9. The summed E-state index contributed by atoms with van der Waals surface area (Å²) in [5.74, 6) is 0.977. The Bertz CT molecular complexity index is 896. The molecule has 2 aromatic carbocycles. The lowest BCUT2D eigenvalue weighted by atomic mass is 10.1. The van der Waals surface area contributed by atoms with Crippen molar-refractivity contribution in [3.8, 4) is 11.6 Å². The lowest BCUT2D eigenvalue weighted by Crippen LogP contribution is -2.23. The standard InChI is InChI=1S/C22H20N2O3/c25-20(18-8-2-1-3-9-18)12-13-21(26)24-16-17-7-6-10-19(15-17)27-22-11-4-5-14-23-22/h1-11,14-15H,12-13,16H2,(H,24,26). The van der Waals surface area contributed by atoms with E-state index in [0.29, 0.717) is 23.7 Å². The van der Waals surface area contributed by atoms with E-state index < -0.39 is 0 Å². The molecule has 0 spiro atoms. The van der Waals surface area contributed by atoms with Gasteiger partial charge in [-0.15, -0.1) is 0 Å². The fourth-order valence-corrected chi connectivity index (χ4v) is 2.53. The highest BCUT2D eigenvalue weighted by molar-refractivity contribution is 5.97. The third-order valence-corrected chi connectivity index (χ3v) is 3.92. The minimum atomic E-state index is -0.157. The lowest BCUT2D eigenvalue weighted by molar-refractivity contribution is -0.121. The van der Waals surface area contributed by atoms with Crippen LogP contribution in [0.3, 0.4) is 0 Å². The van der Waals surface area contributed by atoms with E-state index in [1.54, 1.807) is 24.4 Å². The van der Waals surface area contributed by atoms with Gasteiger partial charge in [0.2, 0.25) is 11.8 Å². The van der Waals surface area contributed by atoms with Crippen molar-refractivity contribution in [1.29, 1.82) is 0 Å². The molecule has 0 atom stereocenters. The van der Waals surface area contributed by atoms with Crippen LogP contribution < -0.4 is 10.1 Å². The van der Waals surface area contributed by atoms with Crippen LogP contribution in [-0.4, -0.2) is 16.7 Å². The number of nitrogens with zero attached hydrogens (tertiary/aromatic N) is 1. The van der Waals surface area contributed by atoms with Crippen molar-refractivity contribution in [1.82, 2.24) is 10.3 Å². The molecule has 0 saturated heterocycles. The molecule has 5 heteroatoms. The average Bonchev–Trinajstić information content (AvgIpc) is 2.72. The molecule has 0 radical (unpaired) electrons. The fraction of sp³-hybridized carbons (Fsp3) is 0.136. The minimum Gasteiger partial charge on any atom is -0.439 e. The van der Waals surface area contributed by atoms with Gasteiger partial charge in [-0.2, -0.15) is 0 Å². The Morgan fingerprint density at radius 3 is 2.48 bits per heavy atom. The molecule has 0 saturated carbocycles. The summed E-state index contributed by atoms with van der Waals surface area (Å²) < 4.78 is 5.69. The van der Waals surface area contributed by atoms with Crippen LogP contribution in [0.4, 0.5) is 0 Å². The third-order valence-electron chi connectivity index (χ3n) is 3.92. The fourth-order valence-electron chi connectivity index (χ4n) is 2.53. The predicted molar refractivity (Wildman–Crippen MR) is 103 cm³/mol. The van der Waals surface area contributed by atoms with Crippen LogP contribution in [-0.2, 0) is 11.3 Å². The summed E-state index contributed by atoms with van der Waals surface area (Å²) in [6.07, 6.45) is 2.02. The number of hydrogen-bond donors (Lipinski definition) is 1. The van der Waals surface area contributed by atoms with E-state index in [2.05, 4.69) is 10.3 Å². The number of nitrogens with one attached hydrogen (secondary N) is 1. The molecule has 1 aromatic heterocycles. The lowest BCUT2D eigenvalue weighted by Gasteiger charge is -2.08. The third kappa shape index (κ3) is 5.78. The molecule has 0 fully saturated rings. The van der Waals surface area contributed by atoms with Gasteiger partial charge in [0.05, 0.1) is 0 Å². The molecule has 3 aromatic rings. The van der Waals surface area contributed by atoms with Gasteiger partial charge in [-0.05, 0) is 23.8 Å². The van der Waals surface area contributed by atoms with E-state index in [1.807, 2.05) is 54.6 Å². The SMILES string of the molecule is O=C(CCC(=O)c1ccccc1)NCc1cccc(Oc2ccccn2)c1. The zero-order valence-corrected chi connectivity index (χ0v) is 14.8. The van der Waals surface area contributed by atoms with Gasteiger partial charge in [0.1, 0.15) is 5.75 Å². The first-order valence-electron chi connectivity index (χ1n) is 8.73. The number of rotatable bonds is 8. The maximum absolute atomic E-state index is 12.0. The van der Waals surface area contributed by atoms with E-state index in [9.17, 15) is 9.59 Å². The first-order chi connectivity index (χ1) is 13.2. The van der Waals surface area contributed by atoms with Gasteiger partial charge < -0.3 is 10.1 Å². The number of ketones is 1. The molecule has 1 heterocycles.